The van der Waals surface area contributed by atoms with Crippen LogP contribution in [0.5, 0.6) is 0 Å². The van der Waals surface area contributed by atoms with Crippen molar-refractivity contribution in [3.8, 4) is 0 Å². The fourth-order valence-corrected chi connectivity index (χ4v) is 2.47. The third-order valence-electron chi connectivity index (χ3n) is 3.64. The molecule has 2 aromatic rings. The fraction of sp³-hybridized carbons (Fsp3) is 0.450. The highest BCUT2D eigenvalue weighted by atomic mass is 16.6. The molecule has 0 atom stereocenters. The van der Waals surface area contributed by atoms with Gasteiger partial charge < -0.3 is 24.5 Å². The van der Waals surface area contributed by atoms with E-state index in [1.54, 1.807) is 33.8 Å². The zero-order chi connectivity index (χ0) is 20.7. The SMILES string of the molecule is CCOC(=O)Cc1coc2ccc(CNC(=O)CNC(=O)OC(C)(C)C)cc12. The molecule has 2 amide bonds. The number of alkyl carbamates (subject to hydrolysis) is 1. The number of amides is 2. The molecule has 0 aliphatic carbocycles. The number of furan rings is 1. The van der Waals surface area contributed by atoms with Crippen molar-refractivity contribution < 1.29 is 28.3 Å². The van der Waals surface area contributed by atoms with Crippen LogP contribution < -0.4 is 10.6 Å². The molecule has 0 radical (unpaired) electrons. The minimum atomic E-state index is -0.647. The Hall–Kier alpha value is -3.03. The molecule has 1 aromatic heterocycles. The number of fused-ring (bicyclic) bond motifs is 1. The highest BCUT2D eigenvalue weighted by Crippen LogP contribution is 2.23. The van der Waals surface area contributed by atoms with Crippen molar-refractivity contribution in [3.05, 3.63) is 35.6 Å². The Balaban J connectivity index is 1.90. The zero-order valence-electron chi connectivity index (χ0n) is 16.6. The smallest absolute Gasteiger partial charge is 0.408 e. The van der Waals surface area contributed by atoms with E-state index in [-0.39, 0.29) is 31.4 Å². The highest BCUT2D eigenvalue weighted by Gasteiger charge is 2.16. The summed E-state index contributed by atoms with van der Waals surface area (Å²) < 4.78 is 15.5. The predicted octanol–water partition coefficient (Wildman–Crippen LogP) is 2.68. The van der Waals surface area contributed by atoms with Crippen molar-refractivity contribution in [2.24, 2.45) is 0 Å². The van der Waals surface area contributed by atoms with Crippen molar-refractivity contribution in [3.63, 3.8) is 0 Å². The molecule has 152 valence electrons. The van der Waals surface area contributed by atoms with Crippen molar-refractivity contribution in [1.29, 1.82) is 0 Å². The lowest BCUT2D eigenvalue weighted by Gasteiger charge is -2.19. The lowest BCUT2D eigenvalue weighted by Crippen LogP contribution is -2.39. The first-order valence-electron chi connectivity index (χ1n) is 9.06. The molecule has 0 saturated carbocycles. The van der Waals surface area contributed by atoms with E-state index in [1.165, 1.54) is 6.26 Å². The lowest BCUT2D eigenvalue weighted by atomic mass is 10.1. The number of carbonyl (C=O) groups excluding carboxylic acids is 3. The normalized spacial score (nSPS) is 11.1. The van der Waals surface area contributed by atoms with E-state index in [0.29, 0.717) is 12.2 Å². The highest BCUT2D eigenvalue weighted by molar-refractivity contribution is 5.86. The average molecular weight is 390 g/mol. The van der Waals surface area contributed by atoms with Crippen LogP contribution in [0.15, 0.2) is 28.9 Å². The van der Waals surface area contributed by atoms with Gasteiger partial charge in [0.25, 0.3) is 0 Å². The zero-order valence-corrected chi connectivity index (χ0v) is 16.6. The molecule has 0 unspecified atom stereocenters. The van der Waals surface area contributed by atoms with Crippen molar-refractivity contribution >= 4 is 28.9 Å². The molecule has 0 spiro atoms. The van der Waals surface area contributed by atoms with Gasteiger partial charge in [0.1, 0.15) is 17.7 Å². The Morgan fingerprint density at radius 2 is 1.89 bits per heavy atom. The quantitative estimate of drug-likeness (QED) is 0.704. The number of ether oxygens (including phenoxy) is 2. The largest absolute Gasteiger partial charge is 0.466 e. The van der Waals surface area contributed by atoms with Crippen LogP contribution in [0.2, 0.25) is 0 Å². The van der Waals surface area contributed by atoms with E-state index < -0.39 is 11.7 Å². The number of carbonyl (C=O) groups is 3. The first-order valence-corrected chi connectivity index (χ1v) is 9.06. The molecule has 0 fully saturated rings. The molecule has 1 heterocycles. The van der Waals surface area contributed by atoms with Gasteiger partial charge in [0.15, 0.2) is 0 Å². The van der Waals surface area contributed by atoms with Gasteiger partial charge in [-0.1, -0.05) is 6.07 Å². The van der Waals surface area contributed by atoms with E-state index >= 15 is 0 Å². The summed E-state index contributed by atoms with van der Waals surface area (Å²) in [6.45, 7) is 7.40. The molecule has 2 rings (SSSR count). The third kappa shape index (κ3) is 6.61. The van der Waals surface area contributed by atoms with Crippen molar-refractivity contribution in [1.82, 2.24) is 10.6 Å². The Kier molecular flexibility index (Phi) is 7.03. The Labute approximate surface area is 163 Å². The van der Waals surface area contributed by atoms with Crippen molar-refractivity contribution in [2.45, 2.75) is 46.3 Å². The Morgan fingerprint density at radius 1 is 1.14 bits per heavy atom. The summed E-state index contributed by atoms with van der Waals surface area (Å²) in [5.74, 6) is -0.665. The van der Waals surface area contributed by atoms with Crippen molar-refractivity contribution in [2.75, 3.05) is 13.2 Å². The summed E-state index contributed by atoms with van der Waals surface area (Å²) in [7, 11) is 0. The molecular formula is C20H26N2O6. The standard InChI is InChI=1S/C20H26N2O6/c1-5-26-18(24)9-14-12-27-16-7-6-13(8-15(14)16)10-21-17(23)11-22-19(25)28-20(2,3)4/h6-8,12H,5,9-11H2,1-4H3,(H,21,23)(H,22,25). The van der Waals surface area contributed by atoms with Crippen LogP contribution in [-0.4, -0.2) is 36.7 Å². The van der Waals surface area contributed by atoms with E-state index in [1.807, 2.05) is 12.1 Å². The lowest BCUT2D eigenvalue weighted by molar-refractivity contribution is -0.142. The van der Waals surface area contributed by atoms with Crippen LogP contribution >= 0.6 is 0 Å². The molecule has 28 heavy (non-hydrogen) atoms. The fourth-order valence-electron chi connectivity index (χ4n) is 2.47. The molecule has 8 nitrogen and oxygen atoms in total. The molecule has 2 N–H and O–H groups in total. The molecule has 1 aromatic carbocycles. The van der Waals surface area contributed by atoms with E-state index in [9.17, 15) is 14.4 Å². The first-order chi connectivity index (χ1) is 13.2. The molecule has 8 heteroatoms. The predicted molar refractivity (Wildman–Crippen MR) is 103 cm³/mol. The van der Waals surface area contributed by atoms with Gasteiger partial charge in [-0.2, -0.15) is 0 Å². The topological polar surface area (TPSA) is 107 Å². The second-order valence-electron chi connectivity index (χ2n) is 7.21. The minimum Gasteiger partial charge on any atom is -0.466 e. The number of benzene rings is 1. The van der Waals surface area contributed by atoms with Gasteiger partial charge in [0.05, 0.1) is 19.3 Å². The molecule has 0 bridgehead atoms. The van der Waals surface area contributed by atoms with Gasteiger partial charge in [-0.15, -0.1) is 0 Å². The average Bonchev–Trinajstić information content (AvgIpc) is 2.99. The summed E-state index contributed by atoms with van der Waals surface area (Å²) in [6, 6.07) is 5.46. The molecule has 0 saturated heterocycles. The number of esters is 1. The van der Waals surface area contributed by atoms with Crippen LogP contribution in [-0.2, 0) is 32.0 Å². The Morgan fingerprint density at radius 3 is 2.57 bits per heavy atom. The van der Waals surface area contributed by atoms with Crippen LogP contribution in [0.25, 0.3) is 11.0 Å². The van der Waals surface area contributed by atoms with Crippen LogP contribution in [0.4, 0.5) is 4.79 Å². The molecular weight excluding hydrogens is 364 g/mol. The molecule has 0 aliphatic heterocycles. The van der Waals surface area contributed by atoms with E-state index in [2.05, 4.69) is 10.6 Å². The summed E-state index contributed by atoms with van der Waals surface area (Å²) in [5.41, 5.74) is 1.60. The summed E-state index contributed by atoms with van der Waals surface area (Å²) >= 11 is 0. The summed E-state index contributed by atoms with van der Waals surface area (Å²) in [6.07, 6.45) is 1.01. The summed E-state index contributed by atoms with van der Waals surface area (Å²) in [5, 5.41) is 5.92. The van der Waals surface area contributed by atoms with E-state index in [0.717, 1.165) is 16.5 Å². The number of rotatable bonds is 7. The first kappa shape index (κ1) is 21.3. The second kappa shape index (κ2) is 9.25. The number of hydrogen-bond acceptors (Lipinski definition) is 6. The van der Waals surface area contributed by atoms with E-state index in [4.69, 9.17) is 13.9 Å². The van der Waals surface area contributed by atoms with Gasteiger partial charge in [-0.25, -0.2) is 4.79 Å². The van der Waals surface area contributed by atoms with Gasteiger partial charge in [0, 0.05) is 17.5 Å². The van der Waals surface area contributed by atoms with Gasteiger partial charge >= 0.3 is 12.1 Å². The number of hydrogen-bond donors (Lipinski definition) is 2. The van der Waals surface area contributed by atoms with Crippen LogP contribution in [0, 0.1) is 0 Å². The van der Waals surface area contributed by atoms with Crippen LogP contribution in [0.3, 0.4) is 0 Å². The van der Waals surface area contributed by atoms with Gasteiger partial charge in [0.2, 0.25) is 5.91 Å². The van der Waals surface area contributed by atoms with Crippen LogP contribution in [0.1, 0.15) is 38.8 Å². The maximum absolute atomic E-state index is 11.9. The maximum atomic E-state index is 11.9. The maximum Gasteiger partial charge on any atom is 0.408 e. The molecule has 0 aliphatic rings. The number of nitrogens with one attached hydrogen (secondary N) is 2. The second-order valence-corrected chi connectivity index (χ2v) is 7.21. The summed E-state index contributed by atoms with van der Waals surface area (Å²) in [4.78, 5) is 35.2. The van der Waals surface area contributed by atoms with Gasteiger partial charge in [-0.3, -0.25) is 9.59 Å². The third-order valence-corrected chi connectivity index (χ3v) is 3.64. The minimum absolute atomic E-state index is 0.121. The Bertz CT molecular complexity index is 850. The van der Waals surface area contributed by atoms with Gasteiger partial charge in [-0.05, 0) is 45.4 Å². The monoisotopic (exact) mass is 390 g/mol.